The van der Waals surface area contributed by atoms with Gasteiger partial charge in [0.1, 0.15) is 0 Å². The third kappa shape index (κ3) is 3.67. The summed E-state index contributed by atoms with van der Waals surface area (Å²) in [5, 5.41) is 16.5. The van der Waals surface area contributed by atoms with Gasteiger partial charge in [0.25, 0.3) is 0 Å². The maximum atomic E-state index is 8.85. The minimum absolute atomic E-state index is 0.704. The van der Waals surface area contributed by atoms with Crippen LogP contribution in [-0.4, -0.2) is 9.78 Å². The Labute approximate surface area is 113 Å². The van der Waals surface area contributed by atoms with Gasteiger partial charge in [0.2, 0.25) is 0 Å². The highest BCUT2D eigenvalue weighted by atomic mass is 15.3. The zero-order valence-corrected chi connectivity index (χ0v) is 11.1. The zero-order chi connectivity index (χ0) is 13.5. The van der Waals surface area contributed by atoms with Crippen LogP contribution in [0.4, 0.5) is 0 Å². The molecule has 0 unspecified atom stereocenters. The molecule has 4 heteroatoms. The molecule has 2 aromatic rings. The Morgan fingerprint density at radius 2 is 2.21 bits per heavy atom. The van der Waals surface area contributed by atoms with E-state index in [2.05, 4.69) is 23.4 Å². The van der Waals surface area contributed by atoms with Gasteiger partial charge < -0.3 is 5.32 Å². The van der Waals surface area contributed by atoms with Crippen molar-refractivity contribution in [1.82, 2.24) is 15.1 Å². The van der Waals surface area contributed by atoms with Crippen molar-refractivity contribution in [3.63, 3.8) is 0 Å². The van der Waals surface area contributed by atoms with E-state index >= 15 is 0 Å². The summed E-state index contributed by atoms with van der Waals surface area (Å²) < 4.78 is 2.03. The molecule has 4 nitrogen and oxygen atoms in total. The molecule has 0 atom stereocenters. The number of rotatable bonds is 6. The number of nitrogens with zero attached hydrogens (tertiary/aromatic N) is 3. The predicted octanol–water partition coefficient (Wildman–Crippen LogP) is 2.45. The van der Waals surface area contributed by atoms with Gasteiger partial charge >= 0.3 is 0 Å². The van der Waals surface area contributed by atoms with Crippen LogP contribution in [-0.2, 0) is 19.6 Å². The van der Waals surface area contributed by atoms with E-state index in [0.29, 0.717) is 5.56 Å². The van der Waals surface area contributed by atoms with E-state index in [1.807, 2.05) is 41.2 Å². The molecule has 1 heterocycles. The van der Waals surface area contributed by atoms with E-state index in [-0.39, 0.29) is 0 Å². The lowest BCUT2D eigenvalue weighted by Gasteiger charge is -2.08. The molecule has 0 radical (unpaired) electrons. The molecule has 0 bridgehead atoms. The van der Waals surface area contributed by atoms with E-state index < -0.39 is 0 Å². The van der Waals surface area contributed by atoms with Crippen molar-refractivity contribution >= 4 is 0 Å². The van der Waals surface area contributed by atoms with E-state index in [0.717, 1.165) is 31.6 Å². The monoisotopic (exact) mass is 254 g/mol. The largest absolute Gasteiger partial charge is 0.307 e. The van der Waals surface area contributed by atoms with Crippen LogP contribution in [0, 0.1) is 11.3 Å². The molecule has 1 aromatic heterocycles. The average Bonchev–Trinajstić information content (AvgIpc) is 2.87. The number of hydrogen-bond donors (Lipinski definition) is 1. The quantitative estimate of drug-likeness (QED) is 0.861. The normalized spacial score (nSPS) is 10.3. The molecule has 0 spiro atoms. The summed E-state index contributed by atoms with van der Waals surface area (Å²) in [4.78, 5) is 0. The number of aromatic nitrogens is 2. The molecule has 0 fully saturated rings. The van der Waals surface area contributed by atoms with Crippen LogP contribution in [0.2, 0.25) is 0 Å². The maximum absolute atomic E-state index is 8.85. The Morgan fingerprint density at radius 3 is 3.00 bits per heavy atom. The molecule has 0 aliphatic heterocycles. The second-order valence-corrected chi connectivity index (χ2v) is 4.46. The second kappa shape index (κ2) is 6.72. The maximum Gasteiger partial charge on any atom is 0.0991 e. The molecule has 0 saturated heterocycles. The van der Waals surface area contributed by atoms with Crippen molar-refractivity contribution in [3.8, 4) is 6.07 Å². The fourth-order valence-corrected chi connectivity index (χ4v) is 2.01. The van der Waals surface area contributed by atoms with Gasteiger partial charge in [-0.1, -0.05) is 19.1 Å². The Morgan fingerprint density at radius 1 is 1.32 bits per heavy atom. The van der Waals surface area contributed by atoms with Crippen LogP contribution in [0.5, 0.6) is 0 Å². The molecule has 0 aliphatic rings. The Kier molecular flexibility index (Phi) is 4.71. The lowest BCUT2D eigenvalue weighted by Crippen LogP contribution is -2.16. The van der Waals surface area contributed by atoms with Crippen molar-refractivity contribution in [1.29, 1.82) is 5.26 Å². The van der Waals surface area contributed by atoms with Gasteiger partial charge in [-0.25, -0.2) is 0 Å². The zero-order valence-electron chi connectivity index (χ0n) is 11.1. The number of aryl methyl sites for hydroxylation is 1. The first kappa shape index (κ1) is 13.3. The molecule has 0 aliphatic carbocycles. The van der Waals surface area contributed by atoms with Crippen LogP contribution in [0.25, 0.3) is 0 Å². The van der Waals surface area contributed by atoms with Crippen LogP contribution in [0.1, 0.15) is 30.2 Å². The Balaban J connectivity index is 1.89. The topological polar surface area (TPSA) is 53.6 Å². The van der Waals surface area contributed by atoms with Crippen LogP contribution in [0.3, 0.4) is 0 Å². The summed E-state index contributed by atoms with van der Waals surface area (Å²) in [7, 11) is 0. The first-order chi connectivity index (χ1) is 9.33. The molecule has 2 rings (SSSR count). The third-order valence-electron chi connectivity index (χ3n) is 2.93. The smallest absolute Gasteiger partial charge is 0.0991 e. The van der Waals surface area contributed by atoms with Crippen LogP contribution in [0.15, 0.2) is 36.5 Å². The summed E-state index contributed by atoms with van der Waals surface area (Å²) in [6.45, 7) is 4.64. The number of benzene rings is 1. The van der Waals surface area contributed by atoms with Gasteiger partial charge in [-0.2, -0.15) is 10.4 Å². The van der Waals surface area contributed by atoms with Gasteiger partial charge in [-0.15, -0.1) is 0 Å². The first-order valence-corrected chi connectivity index (χ1v) is 6.54. The van der Waals surface area contributed by atoms with E-state index in [4.69, 9.17) is 5.26 Å². The predicted molar refractivity (Wildman–Crippen MR) is 74.2 cm³/mol. The molecular formula is C15H18N4. The van der Waals surface area contributed by atoms with Gasteiger partial charge in [0.15, 0.2) is 0 Å². The van der Waals surface area contributed by atoms with Gasteiger partial charge in [-0.3, -0.25) is 4.68 Å². The minimum atomic E-state index is 0.704. The first-order valence-electron chi connectivity index (χ1n) is 6.54. The van der Waals surface area contributed by atoms with E-state index in [9.17, 15) is 0 Å². The number of nitrogens with one attached hydrogen (secondary N) is 1. The molecule has 19 heavy (non-hydrogen) atoms. The van der Waals surface area contributed by atoms with Gasteiger partial charge in [0, 0.05) is 25.8 Å². The van der Waals surface area contributed by atoms with Crippen molar-refractivity contribution in [3.05, 3.63) is 53.3 Å². The standard InChI is InChI=1S/C15H18N4/c1-2-8-19-15(6-7-18-19)12-17-11-14-5-3-4-13(9-14)10-16/h3-7,9,17H,2,8,11-12H2,1H3. The number of hydrogen-bond acceptors (Lipinski definition) is 3. The fourth-order valence-electron chi connectivity index (χ4n) is 2.01. The lowest BCUT2D eigenvalue weighted by atomic mass is 10.1. The fraction of sp³-hybridized carbons (Fsp3) is 0.333. The molecule has 1 aromatic carbocycles. The van der Waals surface area contributed by atoms with Crippen molar-refractivity contribution in [2.45, 2.75) is 33.0 Å². The molecule has 0 amide bonds. The summed E-state index contributed by atoms with van der Waals surface area (Å²) in [6.07, 6.45) is 2.92. The van der Waals surface area contributed by atoms with Gasteiger partial charge in [-0.05, 0) is 30.2 Å². The van der Waals surface area contributed by atoms with Crippen molar-refractivity contribution in [2.24, 2.45) is 0 Å². The third-order valence-corrected chi connectivity index (χ3v) is 2.93. The summed E-state index contributed by atoms with van der Waals surface area (Å²) in [5.41, 5.74) is 3.02. The molecular weight excluding hydrogens is 236 g/mol. The second-order valence-electron chi connectivity index (χ2n) is 4.46. The van der Waals surface area contributed by atoms with Crippen molar-refractivity contribution < 1.29 is 0 Å². The molecule has 0 saturated carbocycles. The van der Waals surface area contributed by atoms with E-state index in [1.165, 1.54) is 5.69 Å². The Bertz CT molecular complexity index is 566. The molecule has 1 N–H and O–H groups in total. The van der Waals surface area contributed by atoms with Crippen molar-refractivity contribution in [2.75, 3.05) is 0 Å². The highest BCUT2D eigenvalue weighted by molar-refractivity contribution is 5.32. The minimum Gasteiger partial charge on any atom is -0.307 e. The highest BCUT2D eigenvalue weighted by Crippen LogP contribution is 2.05. The Hall–Kier alpha value is -2.12. The van der Waals surface area contributed by atoms with Crippen LogP contribution < -0.4 is 5.32 Å². The summed E-state index contributed by atoms with van der Waals surface area (Å²) in [6, 6.07) is 11.9. The van der Waals surface area contributed by atoms with E-state index in [1.54, 1.807) is 0 Å². The average molecular weight is 254 g/mol. The number of nitriles is 1. The molecule has 98 valence electrons. The summed E-state index contributed by atoms with van der Waals surface area (Å²) in [5.74, 6) is 0. The lowest BCUT2D eigenvalue weighted by molar-refractivity contribution is 0.549. The summed E-state index contributed by atoms with van der Waals surface area (Å²) >= 11 is 0. The highest BCUT2D eigenvalue weighted by Gasteiger charge is 2.01. The van der Waals surface area contributed by atoms with Crippen LogP contribution >= 0.6 is 0 Å². The van der Waals surface area contributed by atoms with Gasteiger partial charge in [0.05, 0.1) is 17.3 Å². The SMILES string of the molecule is CCCn1nccc1CNCc1cccc(C#N)c1.